The predicted molar refractivity (Wildman–Crippen MR) is 78.5 cm³/mol. The summed E-state index contributed by atoms with van der Waals surface area (Å²) in [6.45, 7) is 0. The van der Waals surface area contributed by atoms with Crippen LogP contribution in [0.1, 0.15) is 0 Å². The third-order valence-electron chi connectivity index (χ3n) is 3.05. The van der Waals surface area contributed by atoms with E-state index >= 15 is 0 Å². The highest BCUT2D eigenvalue weighted by molar-refractivity contribution is 7.86. The Bertz CT molecular complexity index is 980. The standard InChI is InChI=1S/C13H10N2O5S2/c16-21(17)11-7-9(22(18,19)20)6-10-12(11)15-13(14-10)8-4-2-1-3-5-8/h1-7H,(H,14,15)(H,16,17)(H,18,19,20)/p-1. The van der Waals surface area contributed by atoms with Crippen LogP contribution in [-0.4, -0.2) is 31.7 Å². The average Bonchev–Trinajstić information content (AvgIpc) is 2.89. The Morgan fingerprint density at radius 1 is 1.18 bits per heavy atom. The fourth-order valence-electron chi connectivity index (χ4n) is 2.07. The summed E-state index contributed by atoms with van der Waals surface area (Å²) in [5, 5.41) is 0. The molecule has 3 rings (SSSR count). The number of fused-ring (bicyclic) bond motifs is 1. The maximum Gasteiger partial charge on any atom is 0.294 e. The molecule has 0 amide bonds. The lowest BCUT2D eigenvalue weighted by Gasteiger charge is -2.07. The molecule has 2 aromatic carbocycles. The highest BCUT2D eigenvalue weighted by atomic mass is 32.2. The summed E-state index contributed by atoms with van der Waals surface area (Å²) in [5.74, 6) is 0.398. The lowest BCUT2D eigenvalue weighted by molar-refractivity contribution is 0.483. The van der Waals surface area contributed by atoms with Gasteiger partial charge in [0.05, 0.1) is 15.3 Å². The normalized spacial score (nSPS) is 13.4. The molecular weight excluding hydrogens is 328 g/mol. The molecule has 0 saturated carbocycles. The van der Waals surface area contributed by atoms with E-state index in [0.29, 0.717) is 5.82 Å². The molecule has 2 N–H and O–H groups in total. The van der Waals surface area contributed by atoms with Crippen LogP contribution in [0.25, 0.3) is 22.4 Å². The molecule has 1 aromatic heterocycles. The van der Waals surface area contributed by atoms with Gasteiger partial charge in [-0.1, -0.05) is 30.3 Å². The Kier molecular flexibility index (Phi) is 3.57. The van der Waals surface area contributed by atoms with Crippen molar-refractivity contribution in [3.8, 4) is 11.4 Å². The fourth-order valence-corrected chi connectivity index (χ4v) is 3.21. The van der Waals surface area contributed by atoms with Gasteiger partial charge in [-0.15, -0.1) is 0 Å². The van der Waals surface area contributed by atoms with Gasteiger partial charge in [-0.25, -0.2) is 4.98 Å². The molecular formula is C13H9N2O5S2-. The predicted octanol–water partition coefficient (Wildman–Crippen LogP) is 1.71. The molecule has 9 heteroatoms. The summed E-state index contributed by atoms with van der Waals surface area (Å²) in [4.78, 5) is 6.25. The minimum absolute atomic E-state index is 0.111. The summed E-state index contributed by atoms with van der Waals surface area (Å²) in [7, 11) is -4.53. The molecule has 0 aliphatic rings. The highest BCUT2D eigenvalue weighted by Crippen LogP contribution is 2.27. The van der Waals surface area contributed by atoms with Crippen molar-refractivity contribution in [3.63, 3.8) is 0 Å². The van der Waals surface area contributed by atoms with Gasteiger partial charge in [-0.3, -0.25) is 8.76 Å². The van der Waals surface area contributed by atoms with Gasteiger partial charge in [0.1, 0.15) is 11.3 Å². The van der Waals surface area contributed by atoms with Crippen molar-refractivity contribution < 1.29 is 21.7 Å². The monoisotopic (exact) mass is 337 g/mol. The minimum Gasteiger partial charge on any atom is -0.768 e. The van der Waals surface area contributed by atoms with E-state index in [1.165, 1.54) is 0 Å². The molecule has 7 nitrogen and oxygen atoms in total. The molecule has 1 heterocycles. The van der Waals surface area contributed by atoms with E-state index in [1.807, 2.05) is 6.07 Å². The Morgan fingerprint density at radius 3 is 2.45 bits per heavy atom. The Balaban J connectivity index is 2.31. The van der Waals surface area contributed by atoms with Crippen LogP contribution in [0.3, 0.4) is 0 Å². The van der Waals surface area contributed by atoms with Crippen molar-refractivity contribution in [3.05, 3.63) is 42.5 Å². The molecule has 1 atom stereocenters. The maximum absolute atomic E-state index is 11.3. The lowest BCUT2D eigenvalue weighted by Crippen LogP contribution is -2.01. The van der Waals surface area contributed by atoms with Crippen molar-refractivity contribution in [1.29, 1.82) is 0 Å². The molecule has 22 heavy (non-hydrogen) atoms. The second kappa shape index (κ2) is 5.29. The number of nitrogens with one attached hydrogen (secondary N) is 1. The average molecular weight is 337 g/mol. The van der Waals surface area contributed by atoms with Crippen LogP contribution in [0.15, 0.2) is 52.3 Å². The Morgan fingerprint density at radius 2 is 1.86 bits per heavy atom. The maximum atomic E-state index is 11.3. The summed E-state index contributed by atoms with van der Waals surface area (Å²) < 4.78 is 54.2. The summed E-state index contributed by atoms with van der Waals surface area (Å²) in [5.41, 5.74) is 1.03. The van der Waals surface area contributed by atoms with E-state index in [-0.39, 0.29) is 15.9 Å². The van der Waals surface area contributed by atoms with Crippen LogP contribution < -0.4 is 0 Å². The molecule has 3 aromatic rings. The number of nitrogens with zero attached hydrogens (tertiary/aromatic N) is 1. The van der Waals surface area contributed by atoms with Crippen molar-refractivity contribution in [2.24, 2.45) is 0 Å². The molecule has 0 fully saturated rings. The van der Waals surface area contributed by atoms with Gasteiger partial charge in [0.15, 0.2) is 0 Å². The molecule has 0 aliphatic heterocycles. The van der Waals surface area contributed by atoms with Gasteiger partial charge >= 0.3 is 0 Å². The second-order valence-corrected chi connectivity index (χ2v) is 6.81. The number of rotatable bonds is 3. The Hall–Kier alpha value is -2.07. The number of H-pyrrole nitrogens is 1. The van der Waals surface area contributed by atoms with Gasteiger partial charge in [0, 0.05) is 5.56 Å². The molecule has 114 valence electrons. The first-order valence-electron chi connectivity index (χ1n) is 6.02. The first-order valence-corrected chi connectivity index (χ1v) is 8.54. The van der Waals surface area contributed by atoms with Crippen molar-refractivity contribution in [2.75, 3.05) is 0 Å². The smallest absolute Gasteiger partial charge is 0.294 e. The van der Waals surface area contributed by atoms with Gasteiger partial charge in [0.2, 0.25) is 0 Å². The van der Waals surface area contributed by atoms with E-state index < -0.39 is 26.1 Å². The molecule has 0 aliphatic carbocycles. The summed E-state index contributed by atoms with van der Waals surface area (Å²) >= 11 is -2.70. The van der Waals surface area contributed by atoms with Crippen molar-refractivity contribution in [1.82, 2.24) is 9.97 Å². The topological polar surface area (TPSA) is 123 Å². The van der Waals surface area contributed by atoms with Crippen molar-refractivity contribution >= 4 is 32.2 Å². The minimum atomic E-state index is -4.53. The number of imidazole rings is 1. The first kappa shape index (κ1) is 14.9. The first-order chi connectivity index (χ1) is 10.4. The summed E-state index contributed by atoms with van der Waals surface area (Å²) in [6.07, 6.45) is 0. The zero-order valence-corrected chi connectivity index (χ0v) is 12.5. The molecule has 0 radical (unpaired) electrons. The third kappa shape index (κ3) is 2.66. The van der Waals surface area contributed by atoms with Crippen LogP contribution in [0.5, 0.6) is 0 Å². The SMILES string of the molecule is O=S([O-])c1cc(S(=O)(=O)O)cc2[nH]c(-c3ccccc3)nc12. The highest BCUT2D eigenvalue weighted by Gasteiger charge is 2.17. The zero-order valence-electron chi connectivity index (χ0n) is 10.9. The second-order valence-electron chi connectivity index (χ2n) is 4.48. The van der Waals surface area contributed by atoms with Crippen LogP contribution in [0, 0.1) is 0 Å². The lowest BCUT2D eigenvalue weighted by atomic mass is 10.2. The molecule has 1 unspecified atom stereocenters. The van der Waals surface area contributed by atoms with E-state index in [2.05, 4.69) is 9.97 Å². The number of benzene rings is 2. The number of aromatic nitrogens is 2. The molecule has 0 spiro atoms. The van der Waals surface area contributed by atoms with E-state index in [9.17, 15) is 17.2 Å². The van der Waals surface area contributed by atoms with Crippen LogP contribution in [0.2, 0.25) is 0 Å². The largest absolute Gasteiger partial charge is 0.768 e. The van der Waals surface area contributed by atoms with E-state index in [1.54, 1.807) is 24.3 Å². The Labute approximate surface area is 128 Å². The van der Waals surface area contributed by atoms with Gasteiger partial charge in [-0.05, 0) is 23.2 Å². The van der Waals surface area contributed by atoms with E-state index in [0.717, 1.165) is 17.7 Å². The third-order valence-corrected chi connectivity index (χ3v) is 4.55. The van der Waals surface area contributed by atoms with Gasteiger partial charge in [-0.2, -0.15) is 8.42 Å². The number of hydrogen-bond acceptors (Lipinski definition) is 5. The van der Waals surface area contributed by atoms with E-state index in [4.69, 9.17) is 4.55 Å². The van der Waals surface area contributed by atoms with Crippen LogP contribution in [-0.2, 0) is 21.2 Å². The van der Waals surface area contributed by atoms with Gasteiger partial charge in [0.25, 0.3) is 10.1 Å². The van der Waals surface area contributed by atoms with Crippen molar-refractivity contribution in [2.45, 2.75) is 9.79 Å². The quantitative estimate of drug-likeness (QED) is 0.554. The molecule has 0 saturated heterocycles. The number of aromatic amines is 1. The number of hydrogen-bond donors (Lipinski definition) is 2. The van der Waals surface area contributed by atoms with Crippen LogP contribution in [0.4, 0.5) is 0 Å². The van der Waals surface area contributed by atoms with Gasteiger partial charge < -0.3 is 9.54 Å². The fraction of sp³-hybridized carbons (Fsp3) is 0. The summed E-state index contributed by atoms with van der Waals surface area (Å²) in [6, 6.07) is 11.0. The molecule has 0 bridgehead atoms. The van der Waals surface area contributed by atoms with Crippen LogP contribution >= 0.6 is 0 Å². The zero-order chi connectivity index (χ0) is 15.9.